The van der Waals surface area contributed by atoms with Crippen LogP contribution in [0.3, 0.4) is 0 Å². The van der Waals surface area contributed by atoms with Crippen molar-refractivity contribution in [1.82, 2.24) is 4.72 Å². The SMILES string of the molecule is Nc1ccc(O)c(CN=C2NS(=O)(=O)c3ccccc32)c1. The number of phenolic OH excluding ortho intramolecular Hbond substituents is 1. The Balaban J connectivity index is 1.97. The lowest BCUT2D eigenvalue weighted by Gasteiger charge is -2.04. The summed E-state index contributed by atoms with van der Waals surface area (Å²) in [5.41, 5.74) is 7.23. The zero-order valence-corrected chi connectivity index (χ0v) is 11.8. The Morgan fingerprint density at radius 1 is 1.19 bits per heavy atom. The molecule has 0 fully saturated rings. The van der Waals surface area contributed by atoms with Gasteiger partial charge in [-0.25, -0.2) is 8.42 Å². The maximum Gasteiger partial charge on any atom is 0.263 e. The Labute approximate surface area is 122 Å². The van der Waals surface area contributed by atoms with Crippen LogP contribution >= 0.6 is 0 Å². The van der Waals surface area contributed by atoms with Crippen molar-refractivity contribution in [3.63, 3.8) is 0 Å². The van der Waals surface area contributed by atoms with Crippen LogP contribution in [0.25, 0.3) is 0 Å². The van der Waals surface area contributed by atoms with Crippen LogP contribution < -0.4 is 10.5 Å². The predicted octanol–water partition coefficient (Wildman–Crippen LogP) is 1.21. The zero-order valence-electron chi connectivity index (χ0n) is 10.9. The number of benzene rings is 2. The smallest absolute Gasteiger partial charge is 0.263 e. The zero-order chi connectivity index (χ0) is 15.0. The third kappa shape index (κ3) is 2.43. The topological polar surface area (TPSA) is 105 Å². The van der Waals surface area contributed by atoms with Gasteiger partial charge in [0, 0.05) is 16.8 Å². The number of aliphatic imine (C=N–C) groups is 1. The first-order valence-electron chi connectivity index (χ1n) is 6.21. The first kappa shape index (κ1) is 13.4. The number of phenols is 1. The van der Waals surface area contributed by atoms with Crippen molar-refractivity contribution in [2.75, 3.05) is 5.73 Å². The van der Waals surface area contributed by atoms with E-state index in [0.29, 0.717) is 16.8 Å². The highest BCUT2D eigenvalue weighted by atomic mass is 32.2. The molecule has 0 amide bonds. The standard InChI is InChI=1S/C14H13N3O3S/c15-10-5-6-12(18)9(7-10)8-16-14-11-3-1-2-4-13(11)21(19,20)17-14/h1-7,18H,8,15H2,(H,16,17). The molecule has 0 bridgehead atoms. The van der Waals surface area contributed by atoms with Crippen molar-refractivity contribution in [2.24, 2.45) is 4.99 Å². The molecular weight excluding hydrogens is 290 g/mol. The summed E-state index contributed by atoms with van der Waals surface area (Å²) in [5.74, 6) is 0.343. The lowest BCUT2D eigenvalue weighted by molar-refractivity contribution is 0.468. The average molecular weight is 303 g/mol. The number of nitrogens with zero attached hydrogens (tertiary/aromatic N) is 1. The number of aromatic hydroxyl groups is 1. The van der Waals surface area contributed by atoms with E-state index >= 15 is 0 Å². The minimum absolute atomic E-state index is 0.0719. The van der Waals surface area contributed by atoms with Gasteiger partial charge in [0.05, 0.1) is 11.4 Å². The molecule has 0 aromatic heterocycles. The molecule has 0 aliphatic carbocycles. The van der Waals surface area contributed by atoms with Crippen LogP contribution in [0.5, 0.6) is 5.75 Å². The number of sulfonamides is 1. The lowest BCUT2D eigenvalue weighted by Crippen LogP contribution is -2.22. The van der Waals surface area contributed by atoms with Crippen molar-refractivity contribution in [2.45, 2.75) is 11.4 Å². The largest absolute Gasteiger partial charge is 0.508 e. The highest BCUT2D eigenvalue weighted by molar-refractivity contribution is 7.90. The second-order valence-corrected chi connectivity index (χ2v) is 6.31. The Morgan fingerprint density at radius 3 is 2.76 bits per heavy atom. The molecule has 1 aliphatic heterocycles. The summed E-state index contributed by atoms with van der Waals surface area (Å²) in [6.45, 7) is 0.128. The van der Waals surface area contributed by atoms with Crippen molar-refractivity contribution < 1.29 is 13.5 Å². The maximum atomic E-state index is 11.9. The predicted molar refractivity (Wildman–Crippen MR) is 79.5 cm³/mol. The molecule has 108 valence electrons. The van der Waals surface area contributed by atoms with Gasteiger partial charge in [-0.05, 0) is 30.3 Å². The fraction of sp³-hybridized carbons (Fsp3) is 0.0714. The lowest BCUT2D eigenvalue weighted by atomic mass is 10.1. The van der Waals surface area contributed by atoms with Crippen LogP contribution in [-0.2, 0) is 16.6 Å². The summed E-state index contributed by atoms with van der Waals surface area (Å²) in [6.07, 6.45) is 0. The Hall–Kier alpha value is -2.54. The number of hydrogen-bond donors (Lipinski definition) is 3. The van der Waals surface area contributed by atoms with E-state index in [0.717, 1.165) is 0 Å². The molecule has 0 saturated carbocycles. The monoisotopic (exact) mass is 303 g/mol. The van der Waals surface area contributed by atoms with Crippen LogP contribution in [0.15, 0.2) is 52.4 Å². The molecule has 3 rings (SSSR count). The number of hydrogen-bond acceptors (Lipinski definition) is 5. The molecule has 0 spiro atoms. The summed E-state index contributed by atoms with van der Waals surface area (Å²) in [6, 6.07) is 11.3. The van der Waals surface area contributed by atoms with E-state index in [1.165, 1.54) is 12.1 Å². The van der Waals surface area contributed by atoms with Crippen molar-refractivity contribution in [3.8, 4) is 5.75 Å². The van der Waals surface area contributed by atoms with Gasteiger partial charge in [-0.2, -0.15) is 0 Å². The van der Waals surface area contributed by atoms with Crippen LogP contribution in [0.2, 0.25) is 0 Å². The van der Waals surface area contributed by atoms with Gasteiger partial charge >= 0.3 is 0 Å². The molecule has 0 saturated heterocycles. The van der Waals surface area contributed by atoms with Gasteiger partial charge < -0.3 is 10.8 Å². The number of rotatable bonds is 2. The Morgan fingerprint density at radius 2 is 1.95 bits per heavy atom. The van der Waals surface area contributed by atoms with Crippen molar-refractivity contribution in [3.05, 3.63) is 53.6 Å². The number of amidine groups is 1. The molecule has 0 radical (unpaired) electrons. The molecule has 2 aromatic rings. The van der Waals surface area contributed by atoms with E-state index in [1.54, 1.807) is 30.3 Å². The molecule has 1 aliphatic rings. The summed E-state index contributed by atoms with van der Waals surface area (Å²) in [5, 5.41) is 9.74. The third-order valence-corrected chi connectivity index (χ3v) is 4.57. The summed E-state index contributed by atoms with van der Waals surface area (Å²) < 4.78 is 26.3. The van der Waals surface area contributed by atoms with Crippen molar-refractivity contribution in [1.29, 1.82) is 0 Å². The molecule has 1 heterocycles. The fourth-order valence-electron chi connectivity index (χ4n) is 2.15. The normalized spacial score (nSPS) is 17.4. The third-order valence-electron chi connectivity index (χ3n) is 3.17. The number of fused-ring (bicyclic) bond motifs is 1. The molecule has 6 nitrogen and oxygen atoms in total. The molecule has 4 N–H and O–H groups in total. The highest BCUT2D eigenvalue weighted by Gasteiger charge is 2.29. The van der Waals surface area contributed by atoms with E-state index in [2.05, 4.69) is 9.71 Å². The summed E-state index contributed by atoms with van der Waals surface area (Å²) in [4.78, 5) is 4.45. The average Bonchev–Trinajstić information content (AvgIpc) is 2.72. The Kier molecular flexibility index (Phi) is 3.06. The van der Waals surface area contributed by atoms with E-state index in [-0.39, 0.29) is 23.0 Å². The molecular formula is C14H13N3O3S. The first-order chi connectivity index (χ1) is 9.97. The van der Waals surface area contributed by atoms with Gasteiger partial charge in [0.15, 0.2) is 0 Å². The van der Waals surface area contributed by atoms with Gasteiger partial charge in [-0.3, -0.25) is 9.71 Å². The van der Waals surface area contributed by atoms with E-state index in [1.807, 2.05) is 0 Å². The Bertz CT molecular complexity index is 844. The first-order valence-corrected chi connectivity index (χ1v) is 7.70. The number of nitrogen functional groups attached to an aromatic ring is 1. The van der Waals surface area contributed by atoms with Gasteiger partial charge in [0.2, 0.25) is 0 Å². The van der Waals surface area contributed by atoms with Crippen LogP contribution in [0.1, 0.15) is 11.1 Å². The minimum atomic E-state index is -3.55. The highest BCUT2D eigenvalue weighted by Crippen LogP contribution is 2.24. The second kappa shape index (κ2) is 4.78. The molecule has 21 heavy (non-hydrogen) atoms. The van der Waals surface area contributed by atoms with Crippen LogP contribution in [0, 0.1) is 0 Å². The van der Waals surface area contributed by atoms with Crippen LogP contribution in [0.4, 0.5) is 5.69 Å². The van der Waals surface area contributed by atoms with Crippen molar-refractivity contribution >= 4 is 21.5 Å². The van der Waals surface area contributed by atoms with Gasteiger partial charge in [0.1, 0.15) is 11.6 Å². The fourth-order valence-corrected chi connectivity index (χ4v) is 3.40. The molecule has 2 aromatic carbocycles. The van der Waals surface area contributed by atoms with E-state index in [4.69, 9.17) is 5.73 Å². The van der Waals surface area contributed by atoms with E-state index < -0.39 is 10.0 Å². The second-order valence-electron chi connectivity index (χ2n) is 4.65. The molecule has 0 unspecified atom stereocenters. The number of nitrogens with two attached hydrogens (primary N) is 1. The number of anilines is 1. The minimum Gasteiger partial charge on any atom is -0.508 e. The number of nitrogens with one attached hydrogen (secondary N) is 1. The van der Waals surface area contributed by atoms with Gasteiger partial charge in [0.25, 0.3) is 10.0 Å². The van der Waals surface area contributed by atoms with E-state index in [9.17, 15) is 13.5 Å². The van der Waals surface area contributed by atoms with Crippen LogP contribution in [-0.4, -0.2) is 19.4 Å². The summed E-state index contributed by atoms with van der Waals surface area (Å²) in [7, 11) is -3.55. The molecule has 7 heteroatoms. The summed E-state index contributed by atoms with van der Waals surface area (Å²) >= 11 is 0. The van der Waals surface area contributed by atoms with Gasteiger partial charge in [-0.1, -0.05) is 12.1 Å². The maximum absolute atomic E-state index is 11.9. The molecule has 0 atom stereocenters. The van der Waals surface area contributed by atoms with Gasteiger partial charge in [-0.15, -0.1) is 0 Å². The quantitative estimate of drug-likeness (QED) is 0.573.